The second-order valence-corrected chi connectivity index (χ2v) is 10.8. The summed E-state index contributed by atoms with van der Waals surface area (Å²) in [4.78, 5) is 0. The third-order valence-corrected chi connectivity index (χ3v) is 9.25. The average Bonchev–Trinajstić information content (AvgIpc) is 2.72. The Labute approximate surface area is 167 Å². The lowest BCUT2D eigenvalue weighted by Crippen LogP contribution is -2.38. The lowest BCUT2D eigenvalue weighted by Gasteiger charge is -2.46. The summed E-state index contributed by atoms with van der Waals surface area (Å²) in [6.07, 6.45) is 22.5. The van der Waals surface area contributed by atoms with Crippen molar-refractivity contribution >= 4 is 0 Å². The van der Waals surface area contributed by atoms with Gasteiger partial charge in [0.2, 0.25) is 0 Å². The number of hydrogen-bond acceptors (Lipinski definition) is 2. The van der Waals surface area contributed by atoms with Crippen LogP contribution < -0.4 is 0 Å². The quantitative estimate of drug-likeness (QED) is 0.623. The fourth-order valence-corrected chi connectivity index (χ4v) is 7.73. The van der Waals surface area contributed by atoms with E-state index in [2.05, 4.69) is 0 Å². The highest BCUT2D eigenvalue weighted by Crippen LogP contribution is 2.50. The van der Waals surface area contributed by atoms with Gasteiger partial charge in [-0.2, -0.15) is 0 Å². The summed E-state index contributed by atoms with van der Waals surface area (Å²) in [5.41, 5.74) is 0. The first-order valence-electron chi connectivity index (χ1n) is 12.6. The molecule has 0 aromatic heterocycles. The second kappa shape index (κ2) is 9.61. The van der Waals surface area contributed by atoms with Crippen LogP contribution in [0.5, 0.6) is 0 Å². The monoisotopic (exact) mass is 376 g/mol. The number of rotatable bonds is 4. The summed E-state index contributed by atoms with van der Waals surface area (Å²) in [6.45, 7) is 0. The first-order valence-corrected chi connectivity index (χ1v) is 12.6. The second-order valence-electron chi connectivity index (χ2n) is 10.8. The molecule has 2 heteroatoms. The van der Waals surface area contributed by atoms with Crippen LogP contribution in [-0.4, -0.2) is 22.4 Å². The Morgan fingerprint density at radius 2 is 0.778 bits per heavy atom. The molecule has 2 nitrogen and oxygen atoms in total. The van der Waals surface area contributed by atoms with Crippen LogP contribution in [0.2, 0.25) is 0 Å². The highest BCUT2D eigenvalue weighted by atomic mass is 16.3. The van der Waals surface area contributed by atoms with Crippen LogP contribution in [0.4, 0.5) is 0 Å². The van der Waals surface area contributed by atoms with Crippen molar-refractivity contribution in [1.29, 1.82) is 0 Å². The molecule has 4 aliphatic carbocycles. The van der Waals surface area contributed by atoms with E-state index in [9.17, 15) is 10.2 Å². The van der Waals surface area contributed by atoms with Crippen molar-refractivity contribution in [2.24, 2.45) is 35.5 Å². The van der Waals surface area contributed by atoms with Crippen LogP contribution in [0.3, 0.4) is 0 Å². The van der Waals surface area contributed by atoms with Crippen LogP contribution in [0.15, 0.2) is 0 Å². The van der Waals surface area contributed by atoms with Gasteiger partial charge in [0, 0.05) is 0 Å². The van der Waals surface area contributed by atoms with E-state index in [1.165, 1.54) is 83.5 Å². The Morgan fingerprint density at radius 3 is 1.22 bits per heavy atom. The van der Waals surface area contributed by atoms with E-state index in [4.69, 9.17) is 0 Å². The Hall–Kier alpha value is -0.0800. The van der Waals surface area contributed by atoms with E-state index in [0.29, 0.717) is 0 Å². The summed E-state index contributed by atoms with van der Waals surface area (Å²) in [5, 5.41) is 20.0. The first-order chi connectivity index (χ1) is 13.2. The molecule has 4 saturated carbocycles. The fourth-order valence-electron chi connectivity index (χ4n) is 7.73. The van der Waals surface area contributed by atoms with Gasteiger partial charge >= 0.3 is 0 Å². The smallest absolute Gasteiger partial charge is 0.0540 e. The van der Waals surface area contributed by atoms with Crippen LogP contribution in [0, 0.1) is 35.5 Å². The minimum atomic E-state index is -0.0304. The van der Waals surface area contributed by atoms with E-state index in [1.807, 2.05) is 0 Å². The zero-order valence-corrected chi connectivity index (χ0v) is 17.5. The molecule has 0 saturated heterocycles. The Morgan fingerprint density at radius 1 is 0.407 bits per heavy atom. The van der Waals surface area contributed by atoms with Crippen molar-refractivity contribution in [3.05, 3.63) is 0 Å². The molecule has 0 aromatic carbocycles. The molecular weight excluding hydrogens is 332 g/mol. The van der Waals surface area contributed by atoms with E-state index in [0.717, 1.165) is 61.2 Å². The Balaban J connectivity index is 1.38. The van der Waals surface area contributed by atoms with Crippen molar-refractivity contribution in [3.63, 3.8) is 0 Å². The molecule has 0 atom stereocenters. The molecule has 0 spiro atoms. The zero-order valence-electron chi connectivity index (χ0n) is 17.5. The van der Waals surface area contributed by atoms with Gasteiger partial charge in [0.05, 0.1) is 12.2 Å². The molecule has 27 heavy (non-hydrogen) atoms. The number of aliphatic hydroxyl groups is 2. The average molecular weight is 377 g/mol. The fraction of sp³-hybridized carbons (Fsp3) is 1.00. The maximum absolute atomic E-state index is 10.0. The normalized spacial score (nSPS) is 43.3. The van der Waals surface area contributed by atoms with Crippen LogP contribution in [0.1, 0.15) is 109 Å². The lowest BCUT2D eigenvalue weighted by molar-refractivity contribution is 0.00561. The molecule has 0 radical (unpaired) electrons. The highest BCUT2D eigenvalue weighted by molar-refractivity contribution is 4.91. The van der Waals surface area contributed by atoms with Gasteiger partial charge in [-0.05, 0) is 113 Å². The number of hydrogen-bond donors (Lipinski definition) is 2. The molecule has 0 unspecified atom stereocenters. The molecule has 0 aliphatic heterocycles. The summed E-state index contributed by atoms with van der Waals surface area (Å²) >= 11 is 0. The van der Waals surface area contributed by atoms with E-state index < -0.39 is 0 Å². The maximum Gasteiger partial charge on any atom is 0.0540 e. The van der Waals surface area contributed by atoms with E-state index in [1.54, 1.807) is 0 Å². The standard InChI is InChI=1S/C25H44O2/c26-23-14-10-21(11-15-23)25(22-12-16-24(27)17-13-22)20-8-6-19(7-9-20)18-4-2-1-3-5-18/h18-27H,1-17H2. The zero-order chi connectivity index (χ0) is 18.6. The molecule has 0 amide bonds. The van der Waals surface area contributed by atoms with Gasteiger partial charge in [-0.25, -0.2) is 0 Å². The van der Waals surface area contributed by atoms with Crippen LogP contribution in [-0.2, 0) is 0 Å². The van der Waals surface area contributed by atoms with Crippen molar-refractivity contribution in [2.75, 3.05) is 0 Å². The van der Waals surface area contributed by atoms with Gasteiger partial charge in [-0.15, -0.1) is 0 Å². The number of aliphatic hydroxyl groups excluding tert-OH is 2. The SMILES string of the molecule is OC1CCC(C(C2CCC(O)CC2)C2CCC(C3CCCCC3)CC2)CC1. The van der Waals surface area contributed by atoms with Crippen molar-refractivity contribution < 1.29 is 10.2 Å². The largest absolute Gasteiger partial charge is 0.393 e. The molecule has 156 valence electrons. The molecule has 0 heterocycles. The van der Waals surface area contributed by atoms with Gasteiger partial charge in [-0.3, -0.25) is 0 Å². The van der Waals surface area contributed by atoms with Crippen molar-refractivity contribution in [3.8, 4) is 0 Å². The Kier molecular flexibility index (Phi) is 7.19. The highest BCUT2D eigenvalue weighted by Gasteiger charge is 2.40. The first kappa shape index (κ1) is 20.2. The molecule has 4 rings (SSSR count). The van der Waals surface area contributed by atoms with Crippen molar-refractivity contribution in [1.82, 2.24) is 0 Å². The minimum absolute atomic E-state index is 0.0304. The van der Waals surface area contributed by atoms with Gasteiger partial charge in [0.25, 0.3) is 0 Å². The topological polar surface area (TPSA) is 40.5 Å². The maximum atomic E-state index is 10.0. The molecular formula is C25H44O2. The van der Waals surface area contributed by atoms with Gasteiger partial charge < -0.3 is 10.2 Å². The molecule has 0 bridgehead atoms. The predicted octanol–water partition coefficient (Wildman–Crippen LogP) is 6.09. The van der Waals surface area contributed by atoms with Gasteiger partial charge in [0.15, 0.2) is 0 Å². The summed E-state index contributed by atoms with van der Waals surface area (Å²) in [5.74, 6) is 5.61. The lowest BCUT2D eigenvalue weighted by atomic mass is 9.59. The van der Waals surface area contributed by atoms with E-state index in [-0.39, 0.29) is 12.2 Å². The molecule has 2 N–H and O–H groups in total. The Bertz CT molecular complexity index is 398. The predicted molar refractivity (Wildman–Crippen MR) is 111 cm³/mol. The van der Waals surface area contributed by atoms with E-state index >= 15 is 0 Å². The molecule has 4 aliphatic rings. The summed E-state index contributed by atoms with van der Waals surface area (Å²) in [6, 6.07) is 0. The van der Waals surface area contributed by atoms with Crippen LogP contribution >= 0.6 is 0 Å². The van der Waals surface area contributed by atoms with Crippen LogP contribution in [0.25, 0.3) is 0 Å². The molecule has 0 aromatic rings. The minimum Gasteiger partial charge on any atom is -0.393 e. The third-order valence-electron chi connectivity index (χ3n) is 9.25. The summed E-state index contributed by atoms with van der Waals surface area (Å²) in [7, 11) is 0. The third kappa shape index (κ3) is 5.10. The van der Waals surface area contributed by atoms with Gasteiger partial charge in [0.1, 0.15) is 0 Å². The molecule has 4 fully saturated rings. The summed E-state index contributed by atoms with van der Waals surface area (Å²) < 4.78 is 0. The van der Waals surface area contributed by atoms with Crippen molar-refractivity contribution in [2.45, 2.75) is 121 Å². The van der Waals surface area contributed by atoms with Gasteiger partial charge in [-0.1, -0.05) is 32.1 Å².